The Morgan fingerprint density at radius 2 is 1.84 bits per heavy atom. The van der Waals surface area contributed by atoms with Crippen molar-refractivity contribution in [2.75, 3.05) is 12.4 Å². The predicted octanol–water partition coefficient (Wildman–Crippen LogP) is 5.23. The van der Waals surface area contributed by atoms with Gasteiger partial charge in [-0.25, -0.2) is 4.98 Å². The summed E-state index contributed by atoms with van der Waals surface area (Å²) in [6.07, 6.45) is 2.40. The molecule has 0 fully saturated rings. The third kappa shape index (κ3) is 4.60. The molecular weight excluding hydrogens is 464 g/mol. The second-order valence-electron chi connectivity index (χ2n) is 9.34. The molecular formula is C30H30N4O3. The molecule has 188 valence electrons. The van der Waals surface area contributed by atoms with Crippen LogP contribution in [0.3, 0.4) is 0 Å². The van der Waals surface area contributed by atoms with Crippen molar-refractivity contribution in [3.63, 3.8) is 0 Å². The van der Waals surface area contributed by atoms with Gasteiger partial charge in [-0.2, -0.15) is 0 Å². The number of para-hydroxylation sites is 1. The van der Waals surface area contributed by atoms with E-state index in [0.29, 0.717) is 17.6 Å². The largest absolute Gasteiger partial charge is 0.497 e. The third-order valence-corrected chi connectivity index (χ3v) is 6.80. The number of rotatable bonds is 7. The van der Waals surface area contributed by atoms with Gasteiger partial charge in [-0.1, -0.05) is 48.9 Å². The summed E-state index contributed by atoms with van der Waals surface area (Å²) in [5.41, 5.74) is 6.58. The highest BCUT2D eigenvalue weighted by Gasteiger charge is 2.19. The Kier molecular flexibility index (Phi) is 6.53. The van der Waals surface area contributed by atoms with E-state index in [2.05, 4.69) is 17.2 Å². The van der Waals surface area contributed by atoms with Gasteiger partial charge in [-0.15, -0.1) is 0 Å². The van der Waals surface area contributed by atoms with E-state index in [0.717, 1.165) is 51.0 Å². The molecule has 0 aliphatic heterocycles. The summed E-state index contributed by atoms with van der Waals surface area (Å²) in [6, 6.07) is 19.6. The van der Waals surface area contributed by atoms with Crippen molar-refractivity contribution in [3.8, 4) is 5.75 Å². The highest BCUT2D eigenvalue weighted by Crippen LogP contribution is 2.27. The van der Waals surface area contributed by atoms with Crippen molar-refractivity contribution in [2.24, 2.45) is 0 Å². The van der Waals surface area contributed by atoms with Crippen LogP contribution in [0.5, 0.6) is 5.75 Å². The van der Waals surface area contributed by atoms with Crippen molar-refractivity contribution in [1.82, 2.24) is 14.1 Å². The van der Waals surface area contributed by atoms with Gasteiger partial charge in [0.15, 0.2) is 0 Å². The number of aryl methyl sites for hydroxylation is 3. The monoisotopic (exact) mass is 494 g/mol. The van der Waals surface area contributed by atoms with Crippen LogP contribution in [0.25, 0.3) is 21.9 Å². The highest BCUT2D eigenvalue weighted by molar-refractivity contribution is 6.07. The van der Waals surface area contributed by atoms with E-state index < -0.39 is 0 Å². The summed E-state index contributed by atoms with van der Waals surface area (Å²) in [5, 5.41) is 3.96. The molecule has 0 saturated heterocycles. The fraction of sp³-hybridized carbons (Fsp3) is 0.233. The Morgan fingerprint density at radius 3 is 2.57 bits per heavy atom. The van der Waals surface area contributed by atoms with Crippen LogP contribution in [0.2, 0.25) is 0 Å². The number of benzene rings is 3. The molecule has 5 aromatic rings. The van der Waals surface area contributed by atoms with Gasteiger partial charge in [-0.3, -0.25) is 14.2 Å². The number of amides is 1. The molecule has 0 saturated carbocycles. The van der Waals surface area contributed by atoms with E-state index in [4.69, 9.17) is 4.74 Å². The number of aromatic nitrogens is 3. The Bertz CT molecular complexity index is 1680. The number of nitrogens with zero attached hydrogens (tertiary/aromatic N) is 3. The number of nitrogens with one attached hydrogen (secondary N) is 1. The maximum atomic E-state index is 13.8. The van der Waals surface area contributed by atoms with Gasteiger partial charge in [0, 0.05) is 11.1 Å². The average Bonchev–Trinajstić information content (AvgIpc) is 3.20. The first-order chi connectivity index (χ1) is 17.9. The second kappa shape index (κ2) is 9.93. The van der Waals surface area contributed by atoms with E-state index in [1.807, 2.05) is 74.5 Å². The molecule has 0 radical (unpaired) electrons. The van der Waals surface area contributed by atoms with Crippen molar-refractivity contribution in [2.45, 2.75) is 40.3 Å². The number of anilines is 1. The van der Waals surface area contributed by atoms with Crippen LogP contribution >= 0.6 is 0 Å². The van der Waals surface area contributed by atoms with Gasteiger partial charge >= 0.3 is 0 Å². The number of hydrogen-bond acceptors (Lipinski definition) is 4. The van der Waals surface area contributed by atoms with Crippen LogP contribution in [0.15, 0.2) is 71.8 Å². The smallest absolute Gasteiger partial charge is 0.278 e. The molecule has 1 amide bonds. The molecule has 7 nitrogen and oxygen atoms in total. The average molecular weight is 495 g/mol. The molecule has 7 heteroatoms. The lowest BCUT2D eigenvalue weighted by molar-refractivity contribution is -0.116. The quantitative estimate of drug-likeness (QED) is 0.336. The molecule has 0 unspecified atom stereocenters. The first kappa shape index (κ1) is 24.3. The minimum atomic E-state index is -0.187. The number of carbonyl (C=O) groups is 1. The van der Waals surface area contributed by atoms with Gasteiger partial charge in [0.05, 0.1) is 25.5 Å². The third-order valence-electron chi connectivity index (χ3n) is 6.80. The summed E-state index contributed by atoms with van der Waals surface area (Å²) in [5.74, 6) is 0.569. The lowest BCUT2D eigenvalue weighted by Crippen LogP contribution is -2.26. The Balaban J connectivity index is 1.58. The summed E-state index contributed by atoms with van der Waals surface area (Å²) in [7, 11) is 1.62. The fourth-order valence-corrected chi connectivity index (χ4v) is 4.84. The van der Waals surface area contributed by atoms with E-state index in [1.165, 1.54) is 0 Å². The zero-order valence-electron chi connectivity index (χ0n) is 21.5. The van der Waals surface area contributed by atoms with E-state index >= 15 is 0 Å². The predicted molar refractivity (Wildman–Crippen MR) is 148 cm³/mol. The van der Waals surface area contributed by atoms with E-state index in [1.54, 1.807) is 22.6 Å². The van der Waals surface area contributed by atoms with E-state index in [9.17, 15) is 9.59 Å². The molecule has 0 aliphatic carbocycles. The zero-order valence-corrected chi connectivity index (χ0v) is 21.5. The van der Waals surface area contributed by atoms with Crippen molar-refractivity contribution < 1.29 is 9.53 Å². The van der Waals surface area contributed by atoms with Gasteiger partial charge < -0.3 is 14.6 Å². The number of hydrogen-bond donors (Lipinski definition) is 1. The van der Waals surface area contributed by atoms with Crippen molar-refractivity contribution >= 4 is 33.5 Å². The molecule has 3 aromatic carbocycles. The molecule has 37 heavy (non-hydrogen) atoms. The number of methoxy groups -OCH3 is 1. The molecule has 1 N–H and O–H groups in total. The maximum Gasteiger partial charge on any atom is 0.278 e. The summed E-state index contributed by atoms with van der Waals surface area (Å²) >= 11 is 0. The van der Waals surface area contributed by atoms with E-state index in [-0.39, 0.29) is 18.0 Å². The van der Waals surface area contributed by atoms with Crippen LogP contribution in [0.1, 0.15) is 29.2 Å². The normalized spacial score (nSPS) is 11.2. The summed E-state index contributed by atoms with van der Waals surface area (Å²) in [4.78, 5) is 31.8. The molecule has 0 spiro atoms. The minimum absolute atomic E-state index is 0.00399. The molecule has 2 aromatic heterocycles. The number of carbonyl (C=O) groups excluding carboxylic acids is 1. The zero-order chi connectivity index (χ0) is 26.1. The number of ether oxygens (including phenoxy) is 1. The summed E-state index contributed by atoms with van der Waals surface area (Å²) in [6.45, 7) is 6.42. The topological polar surface area (TPSA) is 78.2 Å². The first-order valence-electron chi connectivity index (χ1n) is 12.4. The second-order valence-corrected chi connectivity index (χ2v) is 9.34. The van der Waals surface area contributed by atoms with Crippen molar-refractivity contribution in [1.29, 1.82) is 0 Å². The van der Waals surface area contributed by atoms with Gasteiger partial charge in [-0.05, 0) is 61.2 Å². The van der Waals surface area contributed by atoms with Crippen LogP contribution < -0.4 is 15.6 Å². The maximum absolute atomic E-state index is 13.8. The molecule has 0 atom stereocenters. The van der Waals surface area contributed by atoms with Gasteiger partial charge in [0.2, 0.25) is 5.91 Å². The van der Waals surface area contributed by atoms with Crippen LogP contribution in [0.4, 0.5) is 5.69 Å². The number of fused-ring (bicyclic) bond motifs is 3. The molecule has 0 bridgehead atoms. The van der Waals surface area contributed by atoms with Crippen LogP contribution in [-0.2, 0) is 24.3 Å². The first-order valence-corrected chi connectivity index (χ1v) is 12.4. The van der Waals surface area contributed by atoms with Gasteiger partial charge in [0.25, 0.3) is 5.56 Å². The fourth-order valence-electron chi connectivity index (χ4n) is 4.84. The highest BCUT2D eigenvalue weighted by atomic mass is 16.5. The van der Waals surface area contributed by atoms with Gasteiger partial charge in [0.1, 0.15) is 23.3 Å². The lowest BCUT2D eigenvalue weighted by Gasteiger charge is -2.14. The molecule has 5 rings (SSSR count). The van der Waals surface area contributed by atoms with Crippen LogP contribution in [-0.4, -0.2) is 27.1 Å². The molecule has 2 heterocycles. The standard InChI is InChI=1S/C30H30N4O3/c1-5-22-8-6-7-20(3)27(22)32-26(35)17-34-25-14-9-19(2)15-24(25)28-29(34)30(36)33(18-31-28)16-21-10-12-23(37-4)13-11-21/h6-15,18H,5,16-17H2,1-4H3,(H,32,35). The Hall–Kier alpha value is -4.39. The SMILES string of the molecule is CCc1cccc(C)c1NC(=O)Cn1c2ccc(C)cc2c2ncn(Cc3ccc(OC)cc3)c(=O)c21. The van der Waals surface area contributed by atoms with Crippen molar-refractivity contribution in [3.05, 3.63) is 99.6 Å². The minimum Gasteiger partial charge on any atom is -0.497 e. The Morgan fingerprint density at radius 1 is 1.05 bits per heavy atom. The lowest BCUT2D eigenvalue weighted by atomic mass is 10.1. The Labute approximate surface area is 215 Å². The summed E-state index contributed by atoms with van der Waals surface area (Å²) < 4.78 is 8.62. The van der Waals surface area contributed by atoms with Crippen LogP contribution in [0, 0.1) is 13.8 Å². The molecule has 0 aliphatic rings.